The van der Waals surface area contributed by atoms with Gasteiger partial charge in [0, 0.05) is 23.0 Å². The molecule has 0 atom stereocenters. The Hall–Kier alpha value is -1.36. The summed E-state index contributed by atoms with van der Waals surface area (Å²) >= 11 is 7.03. The number of nitrogens with one attached hydrogen (secondary N) is 1. The quantitative estimate of drug-likeness (QED) is 0.912. The van der Waals surface area contributed by atoms with Crippen LogP contribution in [0.1, 0.15) is 20.1 Å². The van der Waals surface area contributed by atoms with Gasteiger partial charge in [-0.15, -0.1) is 11.3 Å². The molecule has 1 aromatic heterocycles. The summed E-state index contributed by atoms with van der Waals surface area (Å²) < 4.78 is 0. The lowest BCUT2D eigenvalue weighted by atomic mass is 10.2. The predicted molar refractivity (Wildman–Crippen MR) is 70.6 cm³/mol. The SMILES string of the molecule is O=C([O-])c1ccc(CNCc2ccc(Cl)cc2)s1. The van der Waals surface area contributed by atoms with Crippen molar-refractivity contribution in [3.63, 3.8) is 0 Å². The minimum atomic E-state index is -1.12. The van der Waals surface area contributed by atoms with Crippen molar-refractivity contribution >= 4 is 28.9 Å². The van der Waals surface area contributed by atoms with Gasteiger partial charge >= 0.3 is 0 Å². The maximum absolute atomic E-state index is 10.6. The highest BCUT2D eigenvalue weighted by Crippen LogP contribution is 2.15. The van der Waals surface area contributed by atoms with E-state index in [-0.39, 0.29) is 4.88 Å². The minimum absolute atomic E-state index is 0.262. The highest BCUT2D eigenvalue weighted by Gasteiger charge is 2.00. The predicted octanol–water partition coefficient (Wildman–Crippen LogP) is 2.05. The maximum atomic E-state index is 10.6. The van der Waals surface area contributed by atoms with Gasteiger partial charge in [-0.1, -0.05) is 23.7 Å². The zero-order valence-electron chi connectivity index (χ0n) is 9.48. The lowest BCUT2D eigenvalue weighted by Gasteiger charge is -2.03. The fourth-order valence-electron chi connectivity index (χ4n) is 1.51. The standard InChI is InChI=1S/C13H12ClNO2S/c14-10-3-1-9(2-4-10)7-15-8-11-5-6-12(18-11)13(16)17/h1-6,15H,7-8H2,(H,16,17)/p-1. The molecule has 0 fully saturated rings. The third-order valence-corrected chi connectivity index (χ3v) is 3.72. The van der Waals surface area contributed by atoms with E-state index in [4.69, 9.17) is 11.6 Å². The Morgan fingerprint density at radius 1 is 1.17 bits per heavy atom. The molecule has 0 aliphatic rings. The molecule has 0 saturated heterocycles. The van der Waals surface area contributed by atoms with Crippen molar-refractivity contribution in [1.82, 2.24) is 5.32 Å². The number of carbonyl (C=O) groups is 1. The molecule has 1 heterocycles. The van der Waals surface area contributed by atoms with Crippen LogP contribution in [0.15, 0.2) is 36.4 Å². The molecular weight excluding hydrogens is 270 g/mol. The van der Waals surface area contributed by atoms with E-state index >= 15 is 0 Å². The summed E-state index contributed by atoms with van der Waals surface area (Å²) in [5.41, 5.74) is 1.14. The smallest absolute Gasteiger partial charge is 0.0815 e. The van der Waals surface area contributed by atoms with Crippen molar-refractivity contribution in [2.75, 3.05) is 0 Å². The number of rotatable bonds is 5. The van der Waals surface area contributed by atoms with E-state index in [1.54, 1.807) is 12.1 Å². The van der Waals surface area contributed by atoms with E-state index in [1.807, 2.05) is 24.3 Å². The molecule has 2 rings (SSSR count). The van der Waals surface area contributed by atoms with Gasteiger partial charge in [0.2, 0.25) is 0 Å². The third-order valence-electron chi connectivity index (χ3n) is 2.40. The molecule has 0 unspecified atom stereocenters. The summed E-state index contributed by atoms with van der Waals surface area (Å²) in [7, 11) is 0. The van der Waals surface area contributed by atoms with Gasteiger partial charge in [-0.3, -0.25) is 0 Å². The van der Waals surface area contributed by atoms with Gasteiger partial charge < -0.3 is 15.2 Å². The van der Waals surface area contributed by atoms with Crippen LogP contribution in [0.3, 0.4) is 0 Å². The van der Waals surface area contributed by atoms with Crippen molar-refractivity contribution in [1.29, 1.82) is 0 Å². The first-order chi connectivity index (χ1) is 8.65. The molecular formula is C13H11ClNO2S-. The van der Waals surface area contributed by atoms with Gasteiger partial charge in [0.25, 0.3) is 0 Å². The van der Waals surface area contributed by atoms with Crippen LogP contribution in [0.2, 0.25) is 5.02 Å². The molecule has 18 heavy (non-hydrogen) atoms. The number of carboxylic acid groups (broad SMARTS) is 1. The molecule has 0 radical (unpaired) electrons. The van der Waals surface area contributed by atoms with Crippen LogP contribution in [-0.2, 0) is 13.1 Å². The number of carboxylic acids is 1. The molecule has 1 aromatic carbocycles. The van der Waals surface area contributed by atoms with Gasteiger partial charge in [0.15, 0.2) is 0 Å². The number of hydrogen-bond donors (Lipinski definition) is 1. The molecule has 2 aromatic rings. The second-order valence-electron chi connectivity index (χ2n) is 3.78. The zero-order valence-corrected chi connectivity index (χ0v) is 11.1. The number of halogens is 1. The summed E-state index contributed by atoms with van der Waals surface area (Å²) in [6, 6.07) is 11.0. The van der Waals surface area contributed by atoms with Crippen molar-refractivity contribution in [3.05, 3.63) is 56.7 Å². The average Bonchev–Trinajstić information content (AvgIpc) is 2.81. The zero-order chi connectivity index (χ0) is 13.0. The average molecular weight is 281 g/mol. The van der Waals surface area contributed by atoms with E-state index in [0.717, 1.165) is 22.0 Å². The van der Waals surface area contributed by atoms with Gasteiger partial charge in [-0.05, 0) is 29.8 Å². The number of hydrogen-bond acceptors (Lipinski definition) is 4. The number of thiophene rings is 1. The van der Waals surface area contributed by atoms with Crippen molar-refractivity contribution in [2.45, 2.75) is 13.1 Å². The summed E-state index contributed by atoms with van der Waals surface area (Å²) in [4.78, 5) is 11.8. The first kappa shape index (κ1) is 13.1. The Morgan fingerprint density at radius 2 is 1.89 bits per heavy atom. The van der Waals surface area contributed by atoms with Crippen LogP contribution < -0.4 is 10.4 Å². The summed E-state index contributed by atoms with van der Waals surface area (Å²) in [5.74, 6) is -1.12. The maximum Gasteiger partial charge on any atom is 0.0815 e. The third kappa shape index (κ3) is 3.57. The fraction of sp³-hybridized carbons (Fsp3) is 0.154. The van der Waals surface area contributed by atoms with Gasteiger partial charge in [0.05, 0.1) is 10.8 Å². The van der Waals surface area contributed by atoms with Crippen molar-refractivity contribution in [2.24, 2.45) is 0 Å². The molecule has 0 saturated carbocycles. The van der Waals surface area contributed by atoms with E-state index in [9.17, 15) is 9.90 Å². The van der Waals surface area contributed by atoms with Crippen LogP contribution in [-0.4, -0.2) is 5.97 Å². The first-order valence-electron chi connectivity index (χ1n) is 5.40. The monoisotopic (exact) mass is 280 g/mol. The van der Waals surface area contributed by atoms with Crippen molar-refractivity contribution < 1.29 is 9.90 Å². The molecule has 1 N–H and O–H groups in total. The number of carbonyl (C=O) groups excluding carboxylic acids is 1. The van der Waals surface area contributed by atoms with E-state index in [1.165, 1.54) is 11.3 Å². The topological polar surface area (TPSA) is 52.2 Å². The Bertz CT molecular complexity index is 536. The van der Waals surface area contributed by atoms with Crippen LogP contribution in [0.4, 0.5) is 0 Å². The summed E-state index contributed by atoms with van der Waals surface area (Å²) in [5, 5.41) is 14.6. The fourth-order valence-corrected chi connectivity index (χ4v) is 2.45. The highest BCUT2D eigenvalue weighted by molar-refractivity contribution is 7.13. The highest BCUT2D eigenvalue weighted by atomic mass is 35.5. The summed E-state index contributed by atoms with van der Waals surface area (Å²) in [6.45, 7) is 1.36. The Labute approximate surface area is 114 Å². The molecule has 0 spiro atoms. The van der Waals surface area contributed by atoms with Crippen LogP contribution >= 0.6 is 22.9 Å². The van der Waals surface area contributed by atoms with E-state index in [0.29, 0.717) is 6.54 Å². The Balaban J connectivity index is 1.84. The molecule has 3 nitrogen and oxygen atoms in total. The van der Waals surface area contributed by atoms with Crippen LogP contribution in [0.25, 0.3) is 0 Å². The van der Waals surface area contributed by atoms with Gasteiger partial charge in [-0.2, -0.15) is 0 Å². The normalized spacial score (nSPS) is 10.5. The Kier molecular flexibility index (Phi) is 4.36. The second kappa shape index (κ2) is 6.00. The lowest BCUT2D eigenvalue weighted by Crippen LogP contribution is -2.20. The lowest BCUT2D eigenvalue weighted by molar-refractivity contribution is -0.254. The summed E-state index contributed by atoms with van der Waals surface area (Å²) in [6.07, 6.45) is 0. The number of benzene rings is 1. The Morgan fingerprint density at radius 3 is 2.50 bits per heavy atom. The second-order valence-corrected chi connectivity index (χ2v) is 5.39. The van der Waals surface area contributed by atoms with Crippen molar-refractivity contribution in [3.8, 4) is 0 Å². The largest absolute Gasteiger partial charge is 0.544 e. The van der Waals surface area contributed by atoms with Gasteiger partial charge in [0.1, 0.15) is 0 Å². The molecule has 0 aliphatic heterocycles. The molecule has 5 heteroatoms. The van der Waals surface area contributed by atoms with E-state index in [2.05, 4.69) is 5.32 Å². The number of aromatic carboxylic acids is 1. The molecule has 0 aliphatic carbocycles. The van der Waals surface area contributed by atoms with Gasteiger partial charge in [-0.25, -0.2) is 0 Å². The van der Waals surface area contributed by atoms with Crippen LogP contribution in [0, 0.1) is 0 Å². The first-order valence-corrected chi connectivity index (χ1v) is 6.60. The molecule has 0 bridgehead atoms. The van der Waals surface area contributed by atoms with Crippen LogP contribution in [0.5, 0.6) is 0 Å². The molecule has 94 valence electrons. The minimum Gasteiger partial charge on any atom is -0.544 e. The molecule has 0 amide bonds. The van der Waals surface area contributed by atoms with E-state index < -0.39 is 5.97 Å².